The minimum Gasteiger partial charge on any atom is -0.258 e. The molecule has 0 aliphatic carbocycles. The molecule has 0 saturated carbocycles. The normalized spacial score (nSPS) is 10.1. The lowest BCUT2D eigenvalue weighted by atomic mass is 10.2. The molecule has 0 saturated heterocycles. The summed E-state index contributed by atoms with van der Waals surface area (Å²) in [6, 6.07) is 4.28. The van der Waals surface area contributed by atoms with Gasteiger partial charge >= 0.3 is 0 Å². The predicted octanol–water partition coefficient (Wildman–Crippen LogP) is 2.81. The zero-order valence-electron chi connectivity index (χ0n) is 6.89. The van der Waals surface area contributed by atoms with Crippen molar-refractivity contribution in [3.05, 3.63) is 27.1 Å². The smallest absolute Gasteiger partial charge is 0.0414 e. The van der Waals surface area contributed by atoms with Crippen LogP contribution in [-0.4, -0.2) is 4.98 Å². The molecule has 1 aromatic rings. The van der Waals surface area contributed by atoms with E-state index in [2.05, 4.69) is 53.6 Å². The van der Waals surface area contributed by atoms with Crippen LogP contribution in [0.2, 0.25) is 0 Å². The molecule has 1 nitrogen and oxygen atoms in total. The van der Waals surface area contributed by atoms with Crippen molar-refractivity contribution in [1.82, 2.24) is 4.98 Å². The topological polar surface area (TPSA) is 12.9 Å². The molecule has 1 rings (SSSR count). The van der Waals surface area contributed by atoms with E-state index in [-0.39, 0.29) is 0 Å². The first-order valence-corrected chi connectivity index (χ1v) is 4.99. The molecule has 0 unspecified atom stereocenters. The molecule has 0 fully saturated rings. The Morgan fingerprint density at radius 3 is 2.00 bits per heavy atom. The van der Waals surface area contributed by atoms with Gasteiger partial charge in [0.1, 0.15) is 0 Å². The average molecular weight is 261 g/mol. The van der Waals surface area contributed by atoms with E-state index in [1.807, 2.05) is 0 Å². The highest BCUT2D eigenvalue weighted by Gasteiger charge is 1.96. The van der Waals surface area contributed by atoms with Gasteiger partial charge in [0.05, 0.1) is 0 Å². The Labute approximate surface area is 81.4 Å². The van der Waals surface area contributed by atoms with E-state index >= 15 is 0 Å². The molecule has 0 aliphatic rings. The van der Waals surface area contributed by atoms with Crippen molar-refractivity contribution in [1.29, 1.82) is 0 Å². The molecule has 1 aromatic heterocycles. The van der Waals surface area contributed by atoms with E-state index in [1.54, 1.807) is 0 Å². The summed E-state index contributed by atoms with van der Waals surface area (Å²) in [5, 5.41) is 0. The third-order valence-electron chi connectivity index (χ3n) is 1.62. The Kier molecular flexibility index (Phi) is 3.30. The molecule has 0 radical (unpaired) electrons. The van der Waals surface area contributed by atoms with E-state index in [9.17, 15) is 0 Å². The van der Waals surface area contributed by atoms with Gasteiger partial charge in [-0.2, -0.15) is 0 Å². The van der Waals surface area contributed by atoms with E-state index in [1.165, 1.54) is 15.0 Å². The number of pyridine rings is 1. The maximum absolute atomic E-state index is 4.47. The second kappa shape index (κ2) is 4.04. The standard InChI is InChI=1S/C9H12IN/c1-3-8-5-7(10)6-9(4-2)11-8/h5-6H,3-4H2,1-2H3. The maximum atomic E-state index is 4.47. The summed E-state index contributed by atoms with van der Waals surface area (Å²) in [7, 11) is 0. The summed E-state index contributed by atoms with van der Waals surface area (Å²) in [5.41, 5.74) is 2.41. The number of hydrogen-bond acceptors (Lipinski definition) is 1. The first-order valence-electron chi connectivity index (χ1n) is 3.91. The van der Waals surface area contributed by atoms with Crippen molar-refractivity contribution in [3.63, 3.8) is 0 Å². The van der Waals surface area contributed by atoms with Crippen LogP contribution in [0.1, 0.15) is 25.2 Å². The van der Waals surface area contributed by atoms with E-state index in [0.29, 0.717) is 0 Å². The minimum absolute atomic E-state index is 1.03. The van der Waals surface area contributed by atoms with E-state index in [4.69, 9.17) is 0 Å². The molecular weight excluding hydrogens is 249 g/mol. The second-order valence-corrected chi connectivity index (χ2v) is 3.72. The van der Waals surface area contributed by atoms with Crippen molar-refractivity contribution < 1.29 is 0 Å². The van der Waals surface area contributed by atoms with Crippen LogP contribution in [0.3, 0.4) is 0 Å². The molecular formula is C9H12IN. The molecule has 0 amide bonds. The van der Waals surface area contributed by atoms with Gasteiger partial charge in [-0.15, -0.1) is 0 Å². The van der Waals surface area contributed by atoms with Crippen LogP contribution in [0, 0.1) is 3.57 Å². The van der Waals surface area contributed by atoms with Gasteiger partial charge < -0.3 is 0 Å². The van der Waals surface area contributed by atoms with E-state index < -0.39 is 0 Å². The second-order valence-electron chi connectivity index (χ2n) is 2.48. The molecule has 0 spiro atoms. The van der Waals surface area contributed by atoms with Crippen LogP contribution in [0.4, 0.5) is 0 Å². The molecule has 0 N–H and O–H groups in total. The van der Waals surface area contributed by atoms with Gasteiger partial charge in [0, 0.05) is 15.0 Å². The zero-order valence-corrected chi connectivity index (χ0v) is 9.05. The monoisotopic (exact) mass is 261 g/mol. The maximum Gasteiger partial charge on any atom is 0.0414 e. The first-order chi connectivity index (χ1) is 5.26. The molecule has 0 bridgehead atoms. The highest BCUT2D eigenvalue weighted by molar-refractivity contribution is 14.1. The number of nitrogens with zero attached hydrogens (tertiary/aromatic N) is 1. The lowest BCUT2D eigenvalue weighted by molar-refractivity contribution is 0.950. The Balaban J connectivity index is 3.02. The molecule has 11 heavy (non-hydrogen) atoms. The molecule has 2 heteroatoms. The van der Waals surface area contributed by atoms with Crippen LogP contribution < -0.4 is 0 Å². The van der Waals surface area contributed by atoms with E-state index in [0.717, 1.165) is 12.8 Å². The lowest BCUT2D eigenvalue weighted by Crippen LogP contribution is -1.93. The zero-order chi connectivity index (χ0) is 8.27. The van der Waals surface area contributed by atoms with Gasteiger partial charge in [-0.25, -0.2) is 0 Å². The summed E-state index contributed by atoms with van der Waals surface area (Å²) >= 11 is 2.34. The van der Waals surface area contributed by atoms with Crippen molar-refractivity contribution in [2.75, 3.05) is 0 Å². The SMILES string of the molecule is CCc1cc(I)cc(CC)n1. The third-order valence-corrected chi connectivity index (χ3v) is 2.24. The Hall–Kier alpha value is -0.120. The van der Waals surface area contributed by atoms with Gasteiger partial charge in [-0.1, -0.05) is 13.8 Å². The molecule has 1 heterocycles. The van der Waals surface area contributed by atoms with Crippen LogP contribution in [-0.2, 0) is 12.8 Å². The molecule has 60 valence electrons. The first kappa shape index (κ1) is 8.97. The average Bonchev–Trinajstić information content (AvgIpc) is 2.03. The summed E-state index contributed by atoms with van der Waals surface area (Å²) in [5.74, 6) is 0. The summed E-state index contributed by atoms with van der Waals surface area (Å²) in [6.07, 6.45) is 2.06. The van der Waals surface area contributed by atoms with Crippen molar-refractivity contribution in [2.45, 2.75) is 26.7 Å². The number of aryl methyl sites for hydroxylation is 2. The van der Waals surface area contributed by atoms with Crippen molar-refractivity contribution in [2.24, 2.45) is 0 Å². The van der Waals surface area contributed by atoms with Gasteiger partial charge in [0.25, 0.3) is 0 Å². The minimum atomic E-state index is 1.03. The summed E-state index contributed by atoms with van der Waals surface area (Å²) in [4.78, 5) is 4.47. The van der Waals surface area contributed by atoms with Gasteiger partial charge in [0.15, 0.2) is 0 Å². The highest BCUT2D eigenvalue weighted by atomic mass is 127. The van der Waals surface area contributed by atoms with Crippen LogP contribution in [0.15, 0.2) is 12.1 Å². The largest absolute Gasteiger partial charge is 0.258 e. The Morgan fingerprint density at radius 2 is 1.64 bits per heavy atom. The third kappa shape index (κ3) is 2.43. The van der Waals surface area contributed by atoms with Crippen LogP contribution >= 0.6 is 22.6 Å². The number of aromatic nitrogens is 1. The van der Waals surface area contributed by atoms with Gasteiger partial charge in [-0.05, 0) is 47.6 Å². The molecule has 0 aromatic carbocycles. The summed E-state index contributed by atoms with van der Waals surface area (Å²) < 4.78 is 1.30. The number of halogens is 1. The number of hydrogen-bond donors (Lipinski definition) is 0. The fourth-order valence-electron chi connectivity index (χ4n) is 0.971. The van der Waals surface area contributed by atoms with Crippen molar-refractivity contribution >= 4 is 22.6 Å². The fraction of sp³-hybridized carbons (Fsp3) is 0.444. The van der Waals surface area contributed by atoms with Crippen molar-refractivity contribution in [3.8, 4) is 0 Å². The van der Waals surface area contributed by atoms with Gasteiger partial charge in [0.2, 0.25) is 0 Å². The van der Waals surface area contributed by atoms with Crippen LogP contribution in [0.5, 0.6) is 0 Å². The molecule has 0 aliphatic heterocycles. The highest BCUT2D eigenvalue weighted by Crippen LogP contribution is 2.09. The Bertz CT molecular complexity index is 223. The molecule has 0 atom stereocenters. The Morgan fingerprint density at radius 1 is 1.18 bits per heavy atom. The lowest BCUT2D eigenvalue weighted by Gasteiger charge is -2.00. The number of rotatable bonds is 2. The fourth-order valence-corrected chi connectivity index (χ4v) is 1.69. The van der Waals surface area contributed by atoms with Gasteiger partial charge in [-0.3, -0.25) is 4.98 Å². The predicted molar refractivity (Wildman–Crippen MR) is 55.7 cm³/mol. The summed E-state index contributed by atoms with van der Waals surface area (Å²) in [6.45, 7) is 4.27. The quantitative estimate of drug-likeness (QED) is 0.746. The van der Waals surface area contributed by atoms with Crippen LogP contribution in [0.25, 0.3) is 0 Å².